The normalized spacial score (nSPS) is 11.6. The Kier molecular flexibility index (Phi) is 12.2. The topological polar surface area (TPSA) is 155 Å². The molecule has 0 amide bonds. The summed E-state index contributed by atoms with van der Waals surface area (Å²) in [6.07, 6.45) is 0.0790. The fourth-order valence-corrected chi connectivity index (χ4v) is 3.03. The molecular formula is C21H29N3O10. The lowest BCUT2D eigenvalue weighted by atomic mass is 10.0. The molecule has 0 spiro atoms. The van der Waals surface area contributed by atoms with E-state index in [0.29, 0.717) is 5.56 Å². The molecular weight excluding hydrogens is 454 g/mol. The van der Waals surface area contributed by atoms with Crippen molar-refractivity contribution in [1.29, 1.82) is 0 Å². The van der Waals surface area contributed by atoms with Gasteiger partial charge >= 0.3 is 23.9 Å². The third kappa shape index (κ3) is 9.50. The number of hydrogen-bond donors (Lipinski definition) is 0. The number of hydrogen-bond acceptors (Lipinski definition) is 12. The van der Waals surface area contributed by atoms with Gasteiger partial charge in [0.25, 0.3) is 5.69 Å². The van der Waals surface area contributed by atoms with Crippen LogP contribution >= 0.6 is 0 Å². The van der Waals surface area contributed by atoms with Gasteiger partial charge in [0.15, 0.2) is 0 Å². The van der Waals surface area contributed by atoms with Crippen LogP contribution in [0.2, 0.25) is 0 Å². The second-order valence-corrected chi connectivity index (χ2v) is 7.08. The summed E-state index contributed by atoms with van der Waals surface area (Å²) >= 11 is 0. The van der Waals surface area contributed by atoms with Gasteiger partial charge in [0.2, 0.25) is 0 Å². The lowest BCUT2D eigenvalue weighted by Crippen LogP contribution is -2.50. The molecule has 34 heavy (non-hydrogen) atoms. The first-order valence-corrected chi connectivity index (χ1v) is 10.1. The summed E-state index contributed by atoms with van der Waals surface area (Å²) in [5, 5.41) is 10.9. The monoisotopic (exact) mass is 483 g/mol. The number of methoxy groups -OCH3 is 4. The van der Waals surface area contributed by atoms with Gasteiger partial charge in [-0.3, -0.25) is 39.1 Å². The van der Waals surface area contributed by atoms with Crippen LogP contribution in [0.1, 0.15) is 5.56 Å². The van der Waals surface area contributed by atoms with E-state index < -0.39 is 34.8 Å². The lowest BCUT2D eigenvalue weighted by Gasteiger charge is -2.31. The van der Waals surface area contributed by atoms with E-state index in [9.17, 15) is 29.3 Å². The van der Waals surface area contributed by atoms with Gasteiger partial charge in [-0.1, -0.05) is 12.1 Å². The minimum atomic E-state index is -0.955. The number of ether oxygens (including phenoxy) is 4. The molecule has 0 aliphatic heterocycles. The number of nitrogens with zero attached hydrogens (tertiary/aromatic N) is 3. The largest absolute Gasteiger partial charge is 0.468 e. The average Bonchev–Trinajstić information content (AvgIpc) is 2.84. The van der Waals surface area contributed by atoms with Crippen molar-refractivity contribution in [2.24, 2.45) is 0 Å². The van der Waals surface area contributed by atoms with Crippen molar-refractivity contribution in [1.82, 2.24) is 9.80 Å². The standard InChI is InChI=1S/C21H29N3O10/c1-31-18(25)12-22(13-19(26)32-2)9-10-23(14-20(27)33-3)17(21(28)34-4)11-15-5-7-16(8-6-15)24(29)30/h5-8,17H,9-14H2,1-4H3. The van der Waals surface area contributed by atoms with Gasteiger partial charge in [0.1, 0.15) is 6.04 Å². The summed E-state index contributed by atoms with van der Waals surface area (Å²) in [7, 11) is 4.81. The smallest absolute Gasteiger partial charge is 0.323 e. The highest BCUT2D eigenvalue weighted by atomic mass is 16.6. The molecule has 13 heteroatoms. The van der Waals surface area contributed by atoms with E-state index in [4.69, 9.17) is 9.47 Å². The quantitative estimate of drug-likeness (QED) is 0.149. The first kappa shape index (κ1) is 28.5. The number of nitro benzene ring substituents is 1. The molecule has 1 aromatic carbocycles. The van der Waals surface area contributed by atoms with Crippen LogP contribution in [0, 0.1) is 10.1 Å². The Morgan fingerprint density at radius 3 is 1.76 bits per heavy atom. The average molecular weight is 483 g/mol. The van der Waals surface area contributed by atoms with E-state index >= 15 is 0 Å². The van der Waals surface area contributed by atoms with Crippen molar-refractivity contribution in [3.8, 4) is 0 Å². The number of carbonyl (C=O) groups excluding carboxylic acids is 4. The van der Waals surface area contributed by atoms with Gasteiger partial charge in [0.05, 0.1) is 53.0 Å². The third-order valence-electron chi connectivity index (χ3n) is 4.91. The second-order valence-electron chi connectivity index (χ2n) is 7.08. The van der Waals surface area contributed by atoms with Crippen molar-refractivity contribution < 1.29 is 43.0 Å². The molecule has 1 aromatic rings. The minimum Gasteiger partial charge on any atom is -0.468 e. The first-order valence-electron chi connectivity index (χ1n) is 10.1. The number of non-ortho nitro benzene ring substituents is 1. The van der Waals surface area contributed by atoms with Crippen LogP contribution in [-0.4, -0.2) is 106 Å². The molecule has 0 saturated carbocycles. The molecule has 0 aliphatic rings. The lowest BCUT2D eigenvalue weighted by molar-refractivity contribution is -0.384. The third-order valence-corrected chi connectivity index (χ3v) is 4.91. The van der Waals surface area contributed by atoms with Crippen LogP contribution in [0.25, 0.3) is 0 Å². The number of rotatable bonds is 14. The molecule has 1 rings (SSSR count). The molecule has 1 atom stereocenters. The molecule has 0 saturated heterocycles. The van der Waals surface area contributed by atoms with Crippen LogP contribution in [0.5, 0.6) is 0 Å². The predicted octanol–water partition coefficient (Wildman–Crippen LogP) is -0.198. The summed E-state index contributed by atoms with van der Waals surface area (Å²) in [6.45, 7) is -0.565. The van der Waals surface area contributed by atoms with E-state index in [1.54, 1.807) is 0 Å². The molecule has 0 fully saturated rings. The Morgan fingerprint density at radius 1 is 0.824 bits per heavy atom. The number of benzene rings is 1. The van der Waals surface area contributed by atoms with Crippen LogP contribution in [0.4, 0.5) is 5.69 Å². The van der Waals surface area contributed by atoms with Gasteiger partial charge in [0, 0.05) is 25.2 Å². The fraction of sp³-hybridized carbons (Fsp3) is 0.524. The van der Waals surface area contributed by atoms with Crippen molar-refractivity contribution in [3.05, 3.63) is 39.9 Å². The van der Waals surface area contributed by atoms with Gasteiger partial charge in [-0.05, 0) is 12.0 Å². The Balaban J connectivity index is 3.14. The summed E-state index contributed by atoms with van der Waals surface area (Å²) in [4.78, 5) is 61.4. The van der Waals surface area contributed by atoms with Crippen LogP contribution in [-0.2, 0) is 44.5 Å². The van der Waals surface area contributed by atoms with Crippen molar-refractivity contribution >= 4 is 29.6 Å². The molecule has 0 aliphatic carbocycles. The minimum absolute atomic E-state index is 0.0653. The SMILES string of the molecule is COC(=O)CN(CCN(CC(=O)OC)C(Cc1ccc([N+](=O)[O-])cc1)C(=O)OC)CC(=O)OC. The van der Waals surface area contributed by atoms with Gasteiger partial charge in [-0.25, -0.2) is 0 Å². The molecule has 1 unspecified atom stereocenters. The van der Waals surface area contributed by atoms with E-state index in [-0.39, 0.29) is 44.8 Å². The number of nitro groups is 1. The van der Waals surface area contributed by atoms with E-state index in [1.807, 2.05) is 0 Å². The maximum atomic E-state index is 12.6. The Labute approximate surface area is 196 Å². The highest BCUT2D eigenvalue weighted by molar-refractivity contribution is 5.78. The summed E-state index contributed by atoms with van der Waals surface area (Å²) in [5.74, 6) is -2.43. The Hall–Kier alpha value is -3.58. The van der Waals surface area contributed by atoms with Crippen LogP contribution in [0.3, 0.4) is 0 Å². The molecule has 0 bridgehead atoms. The first-order chi connectivity index (χ1) is 16.1. The van der Waals surface area contributed by atoms with Crippen molar-refractivity contribution in [3.63, 3.8) is 0 Å². The number of esters is 4. The van der Waals surface area contributed by atoms with E-state index in [0.717, 1.165) is 0 Å². The molecule has 0 heterocycles. The van der Waals surface area contributed by atoms with E-state index in [2.05, 4.69) is 9.47 Å². The molecule has 13 nitrogen and oxygen atoms in total. The van der Waals surface area contributed by atoms with Crippen LogP contribution in [0.15, 0.2) is 24.3 Å². The predicted molar refractivity (Wildman–Crippen MR) is 117 cm³/mol. The summed E-state index contributed by atoms with van der Waals surface area (Å²) in [5.41, 5.74) is 0.489. The highest BCUT2D eigenvalue weighted by Gasteiger charge is 2.30. The van der Waals surface area contributed by atoms with Crippen molar-refractivity contribution in [2.45, 2.75) is 12.5 Å². The van der Waals surface area contributed by atoms with Crippen molar-refractivity contribution in [2.75, 3.05) is 61.2 Å². The van der Waals surface area contributed by atoms with Gasteiger partial charge in [-0.2, -0.15) is 0 Å². The zero-order chi connectivity index (χ0) is 25.7. The Bertz CT molecular complexity index is 841. The molecule has 0 N–H and O–H groups in total. The zero-order valence-corrected chi connectivity index (χ0v) is 19.6. The Morgan fingerprint density at radius 2 is 1.32 bits per heavy atom. The fourth-order valence-electron chi connectivity index (χ4n) is 3.03. The van der Waals surface area contributed by atoms with Gasteiger partial charge in [-0.15, -0.1) is 0 Å². The summed E-state index contributed by atoms with van der Waals surface area (Å²) in [6, 6.07) is 4.67. The maximum absolute atomic E-state index is 12.6. The molecule has 0 aromatic heterocycles. The maximum Gasteiger partial charge on any atom is 0.323 e. The van der Waals surface area contributed by atoms with Gasteiger partial charge < -0.3 is 18.9 Å². The molecule has 188 valence electrons. The number of carbonyl (C=O) groups is 4. The highest BCUT2D eigenvalue weighted by Crippen LogP contribution is 2.16. The summed E-state index contributed by atoms with van der Waals surface area (Å²) < 4.78 is 18.9. The van der Waals surface area contributed by atoms with E-state index in [1.165, 1.54) is 62.5 Å². The second kappa shape index (κ2) is 14.5. The zero-order valence-electron chi connectivity index (χ0n) is 19.6. The molecule has 0 radical (unpaired) electrons. The van der Waals surface area contributed by atoms with Crippen LogP contribution < -0.4 is 0 Å².